The van der Waals surface area contributed by atoms with E-state index in [0.717, 1.165) is 64.2 Å². The number of carbonyl (C=O) groups is 2. The summed E-state index contributed by atoms with van der Waals surface area (Å²) in [6, 6.07) is 0. The molecule has 0 saturated carbocycles. The first kappa shape index (κ1) is 36.7. The molecule has 38 heavy (non-hydrogen) atoms. The zero-order valence-corrected chi connectivity index (χ0v) is 25.5. The van der Waals surface area contributed by atoms with Crippen LogP contribution in [0.25, 0.3) is 0 Å². The predicted molar refractivity (Wildman–Crippen MR) is 163 cm³/mol. The maximum Gasteiger partial charge on any atom is 0.306 e. The van der Waals surface area contributed by atoms with Crippen molar-refractivity contribution in [1.29, 1.82) is 0 Å². The minimum Gasteiger partial charge on any atom is -0.481 e. The van der Waals surface area contributed by atoms with E-state index in [9.17, 15) is 9.59 Å². The van der Waals surface area contributed by atoms with E-state index in [4.69, 9.17) is 9.84 Å². The number of hydrogen-bond acceptors (Lipinski definition) is 3. The number of carbonyl (C=O) groups excluding carboxylic acids is 1. The van der Waals surface area contributed by atoms with Crippen LogP contribution >= 0.6 is 0 Å². The fraction of sp³-hybridized carbons (Fsp3) is 0.882. The Kier molecular flexibility index (Phi) is 29.2. The van der Waals surface area contributed by atoms with Gasteiger partial charge in [0.15, 0.2) is 0 Å². The molecule has 0 fully saturated rings. The van der Waals surface area contributed by atoms with Gasteiger partial charge in [0, 0.05) is 12.8 Å². The van der Waals surface area contributed by atoms with Gasteiger partial charge in [0.2, 0.25) is 0 Å². The topological polar surface area (TPSA) is 63.6 Å². The second-order valence-corrected chi connectivity index (χ2v) is 11.4. The number of allylic oxidation sites excluding steroid dienone is 1. The Labute approximate surface area is 236 Å². The number of aliphatic carboxylic acids is 1. The molecule has 0 aromatic heterocycles. The first-order valence-electron chi connectivity index (χ1n) is 16.7. The van der Waals surface area contributed by atoms with E-state index in [1.165, 1.54) is 96.3 Å². The molecule has 0 aromatic carbocycles. The van der Waals surface area contributed by atoms with E-state index < -0.39 is 5.97 Å². The van der Waals surface area contributed by atoms with Crippen LogP contribution in [0.4, 0.5) is 0 Å². The van der Waals surface area contributed by atoms with Crippen molar-refractivity contribution in [2.45, 2.75) is 193 Å². The van der Waals surface area contributed by atoms with Gasteiger partial charge in [-0.2, -0.15) is 0 Å². The summed E-state index contributed by atoms with van der Waals surface area (Å²) >= 11 is 0. The Morgan fingerprint density at radius 3 is 1.50 bits per heavy atom. The van der Waals surface area contributed by atoms with Crippen molar-refractivity contribution in [2.75, 3.05) is 0 Å². The van der Waals surface area contributed by atoms with Gasteiger partial charge in [-0.3, -0.25) is 9.59 Å². The van der Waals surface area contributed by atoms with Crippen LogP contribution in [0.2, 0.25) is 0 Å². The molecule has 224 valence electrons. The Hall–Kier alpha value is -1.32. The Morgan fingerprint density at radius 2 is 1.00 bits per heavy atom. The molecule has 0 aliphatic carbocycles. The van der Waals surface area contributed by atoms with Gasteiger partial charge in [0.05, 0.1) is 0 Å². The fourth-order valence-corrected chi connectivity index (χ4v) is 4.98. The number of carboxylic acids is 1. The molecule has 0 heterocycles. The van der Waals surface area contributed by atoms with Crippen molar-refractivity contribution in [3.8, 4) is 0 Å². The summed E-state index contributed by atoms with van der Waals surface area (Å²) in [5, 5.41) is 8.74. The third-order valence-electron chi connectivity index (χ3n) is 7.47. The number of esters is 1. The van der Waals surface area contributed by atoms with E-state index >= 15 is 0 Å². The molecule has 4 nitrogen and oxygen atoms in total. The summed E-state index contributed by atoms with van der Waals surface area (Å²) in [5.41, 5.74) is 0. The van der Waals surface area contributed by atoms with E-state index in [-0.39, 0.29) is 18.5 Å². The highest BCUT2D eigenvalue weighted by molar-refractivity contribution is 5.69. The maximum absolute atomic E-state index is 12.5. The summed E-state index contributed by atoms with van der Waals surface area (Å²) in [5.74, 6) is -0.737. The highest BCUT2D eigenvalue weighted by atomic mass is 16.5. The van der Waals surface area contributed by atoms with Crippen LogP contribution in [0.3, 0.4) is 0 Å². The third-order valence-corrected chi connectivity index (χ3v) is 7.47. The molecule has 0 radical (unpaired) electrons. The quantitative estimate of drug-likeness (QED) is 0.0563. The van der Waals surface area contributed by atoms with Crippen LogP contribution in [0.1, 0.15) is 187 Å². The molecule has 1 N–H and O–H groups in total. The molecular formula is C34H64O4. The highest BCUT2D eigenvalue weighted by Gasteiger charge is 2.11. The van der Waals surface area contributed by atoms with Crippen molar-refractivity contribution in [3.63, 3.8) is 0 Å². The zero-order chi connectivity index (χ0) is 27.9. The SMILES string of the molecule is CCCCCCCCC/C=C\C(CCCCCCCCC(=O)O)OC(=O)CCCCCCCCCCCC. The summed E-state index contributed by atoms with van der Waals surface area (Å²) in [4.78, 5) is 23.1. The largest absolute Gasteiger partial charge is 0.481 e. The molecule has 0 amide bonds. The van der Waals surface area contributed by atoms with Gasteiger partial charge in [-0.25, -0.2) is 0 Å². The zero-order valence-electron chi connectivity index (χ0n) is 25.5. The van der Waals surface area contributed by atoms with Crippen LogP contribution in [-0.4, -0.2) is 23.1 Å². The Bertz CT molecular complexity index is 543. The van der Waals surface area contributed by atoms with Crippen molar-refractivity contribution in [3.05, 3.63) is 12.2 Å². The molecule has 0 bridgehead atoms. The molecular weight excluding hydrogens is 472 g/mol. The van der Waals surface area contributed by atoms with Gasteiger partial charge < -0.3 is 9.84 Å². The summed E-state index contributed by atoms with van der Waals surface area (Å²) < 4.78 is 5.89. The first-order chi connectivity index (χ1) is 18.6. The minimum absolute atomic E-state index is 0.0381. The third kappa shape index (κ3) is 29.2. The Balaban J connectivity index is 4.14. The molecule has 4 heteroatoms. The van der Waals surface area contributed by atoms with E-state index in [1.807, 2.05) is 0 Å². The summed E-state index contributed by atoms with van der Waals surface area (Å²) in [7, 11) is 0. The number of ether oxygens (including phenoxy) is 1. The summed E-state index contributed by atoms with van der Waals surface area (Å²) in [6.07, 6.45) is 35.1. The molecule has 0 aliphatic rings. The van der Waals surface area contributed by atoms with Crippen LogP contribution in [0.15, 0.2) is 12.2 Å². The standard InChI is InChI=1S/C34H64O4/c1-3-5-7-9-11-13-15-17-23-27-31-34(37)38-32(28-24-20-16-14-12-10-8-6-4-2)29-25-21-18-19-22-26-30-33(35)36/h24,28,32H,3-23,25-27,29-31H2,1-2H3,(H,35,36)/b28-24-. The number of carboxylic acid groups (broad SMARTS) is 1. The smallest absolute Gasteiger partial charge is 0.306 e. The van der Waals surface area contributed by atoms with E-state index in [0.29, 0.717) is 6.42 Å². The molecule has 1 atom stereocenters. The first-order valence-corrected chi connectivity index (χ1v) is 16.7. The second-order valence-electron chi connectivity index (χ2n) is 11.4. The molecule has 0 spiro atoms. The second kappa shape index (κ2) is 30.2. The summed E-state index contributed by atoms with van der Waals surface area (Å²) in [6.45, 7) is 4.52. The number of hydrogen-bond donors (Lipinski definition) is 1. The normalized spacial score (nSPS) is 12.3. The minimum atomic E-state index is -0.698. The van der Waals surface area contributed by atoms with Crippen LogP contribution < -0.4 is 0 Å². The monoisotopic (exact) mass is 536 g/mol. The van der Waals surface area contributed by atoms with Gasteiger partial charge in [-0.05, 0) is 44.6 Å². The Morgan fingerprint density at radius 1 is 0.579 bits per heavy atom. The number of unbranched alkanes of at least 4 members (excludes halogenated alkanes) is 21. The highest BCUT2D eigenvalue weighted by Crippen LogP contribution is 2.16. The maximum atomic E-state index is 12.5. The predicted octanol–water partition coefficient (Wildman–Crippen LogP) is 11.1. The van der Waals surface area contributed by atoms with Crippen molar-refractivity contribution >= 4 is 11.9 Å². The lowest BCUT2D eigenvalue weighted by atomic mass is 10.0. The van der Waals surface area contributed by atoms with Gasteiger partial charge in [0.25, 0.3) is 0 Å². The lowest BCUT2D eigenvalue weighted by molar-refractivity contribution is -0.147. The molecule has 1 unspecified atom stereocenters. The van der Waals surface area contributed by atoms with Crippen molar-refractivity contribution in [1.82, 2.24) is 0 Å². The van der Waals surface area contributed by atoms with Gasteiger partial charge in [0.1, 0.15) is 6.10 Å². The molecule has 0 aliphatic heterocycles. The lowest BCUT2D eigenvalue weighted by Gasteiger charge is -2.15. The van der Waals surface area contributed by atoms with Crippen LogP contribution in [0.5, 0.6) is 0 Å². The lowest BCUT2D eigenvalue weighted by Crippen LogP contribution is -2.16. The van der Waals surface area contributed by atoms with Gasteiger partial charge in [-0.1, -0.05) is 142 Å². The average molecular weight is 537 g/mol. The molecule has 0 saturated heterocycles. The van der Waals surface area contributed by atoms with Crippen molar-refractivity contribution in [2.24, 2.45) is 0 Å². The van der Waals surface area contributed by atoms with E-state index in [2.05, 4.69) is 26.0 Å². The average Bonchev–Trinajstić information content (AvgIpc) is 2.89. The van der Waals surface area contributed by atoms with Gasteiger partial charge >= 0.3 is 11.9 Å². The fourth-order valence-electron chi connectivity index (χ4n) is 4.98. The van der Waals surface area contributed by atoms with Crippen LogP contribution in [0, 0.1) is 0 Å². The molecule has 0 rings (SSSR count). The van der Waals surface area contributed by atoms with Crippen molar-refractivity contribution < 1.29 is 19.4 Å². The van der Waals surface area contributed by atoms with E-state index in [1.54, 1.807) is 0 Å². The van der Waals surface area contributed by atoms with Crippen LogP contribution in [-0.2, 0) is 14.3 Å². The molecule has 0 aromatic rings. The number of rotatable bonds is 30. The van der Waals surface area contributed by atoms with Gasteiger partial charge in [-0.15, -0.1) is 0 Å².